The van der Waals surface area contributed by atoms with Crippen LogP contribution >= 0.6 is 0 Å². The lowest BCUT2D eigenvalue weighted by Crippen LogP contribution is -2.39. The lowest BCUT2D eigenvalue weighted by atomic mass is 10.1. The number of methoxy groups -OCH3 is 1. The van der Waals surface area contributed by atoms with Crippen LogP contribution in [-0.2, 0) is 6.54 Å². The van der Waals surface area contributed by atoms with Gasteiger partial charge in [0.2, 0.25) is 0 Å². The van der Waals surface area contributed by atoms with E-state index >= 15 is 0 Å². The molecule has 0 heterocycles. The average molecular weight is 343 g/mol. The number of para-hydroxylation sites is 1. The van der Waals surface area contributed by atoms with Crippen molar-refractivity contribution in [1.29, 1.82) is 0 Å². The van der Waals surface area contributed by atoms with Gasteiger partial charge in [-0.15, -0.1) is 0 Å². The van der Waals surface area contributed by atoms with Crippen molar-refractivity contribution >= 4 is 0 Å². The summed E-state index contributed by atoms with van der Waals surface area (Å²) < 4.78 is 11.1. The van der Waals surface area contributed by atoms with Crippen LogP contribution in [0.15, 0.2) is 48.5 Å². The van der Waals surface area contributed by atoms with Gasteiger partial charge >= 0.3 is 0 Å². The highest BCUT2D eigenvalue weighted by Crippen LogP contribution is 2.18. The maximum absolute atomic E-state index is 10.4. The molecule has 0 aromatic heterocycles. The van der Waals surface area contributed by atoms with Crippen LogP contribution < -0.4 is 9.47 Å². The first-order chi connectivity index (χ1) is 12.0. The lowest BCUT2D eigenvalue weighted by molar-refractivity contribution is 0.0541. The van der Waals surface area contributed by atoms with E-state index in [1.165, 1.54) is 5.56 Å². The number of rotatable bonds is 9. The van der Waals surface area contributed by atoms with Crippen molar-refractivity contribution in [1.82, 2.24) is 4.90 Å². The van der Waals surface area contributed by atoms with E-state index in [-0.39, 0.29) is 6.61 Å². The zero-order valence-corrected chi connectivity index (χ0v) is 15.6. The minimum atomic E-state index is -0.549. The number of hydrogen-bond acceptors (Lipinski definition) is 4. The molecule has 136 valence electrons. The smallest absolute Gasteiger partial charge is 0.122 e. The molecule has 0 fully saturated rings. The summed E-state index contributed by atoms with van der Waals surface area (Å²) in [5.41, 5.74) is 2.24. The molecule has 1 N–H and O–H groups in total. The molecular weight excluding hydrogens is 314 g/mol. The van der Waals surface area contributed by atoms with Crippen molar-refractivity contribution in [3.8, 4) is 11.5 Å². The van der Waals surface area contributed by atoms with E-state index in [1.807, 2.05) is 49.4 Å². The first kappa shape index (κ1) is 19.3. The van der Waals surface area contributed by atoms with Crippen molar-refractivity contribution in [2.75, 3.05) is 20.3 Å². The predicted octanol–water partition coefficient (Wildman–Crippen LogP) is 3.65. The number of hydrogen-bond donors (Lipinski definition) is 1. The van der Waals surface area contributed by atoms with Crippen LogP contribution in [0, 0.1) is 6.92 Å². The monoisotopic (exact) mass is 343 g/mol. The van der Waals surface area contributed by atoms with Crippen LogP contribution in [0.1, 0.15) is 25.0 Å². The molecule has 4 heteroatoms. The fourth-order valence-corrected chi connectivity index (χ4v) is 2.69. The van der Waals surface area contributed by atoms with Crippen LogP contribution in [0.5, 0.6) is 11.5 Å². The normalized spacial score (nSPS) is 12.4. The largest absolute Gasteiger partial charge is 0.497 e. The summed E-state index contributed by atoms with van der Waals surface area (Å²) in [7, 11) is 1.67. The van der Waals surface area contributed by atoms with Gasteiger partial charge in [-0.25, -0.2) is 0 Å². The Bertz CT molecular complexity index is 657. The molecule has 0 amide bonds. The van der Waals surface area contributed by atoms with Gasteiger partial charge < -0.3 is 14.6 Å². The Morgan fingerprint density at radius 3 is 2.52 bits per heavy atom. The summed E-state index contributed by atoms with van der Waals surface area (Å²) in [6.45, 7) is 7.87. The van der Waals surface area contributed by atoms with E-state index in [4.69, 9.17) is 9.47 Å². The van der Waals surface area contributed by atoms with Crippen LogP contribution in [0.25, 0.3) is 0 Å². The maximum atomic E-state index is 10.4. The molecule has 2 aromatic carbocycles. The summed E-state index contributed by atoms with van der Waals surface area (Å²) in [5.74, 6) is 1.68. The van der Waals surface area contributed by atoms with Crippen molar-refractivity contribution in [2.45, 2.75) is 39.5 Å². The predicted molar refractivity (Wildman–Crippen MR) is 101 cm³/mol. The van der Waals surface area contributed by atoms with E-state index in [0.29, 0.717) is 12.6 Å². The first-order valence-corrected chi connectivity index (χ1v) is 8.73. The second-order valence-electron chi connectivity index (χ2n) is 6.61. The Hall–Kier alpha value is -2.04. The third-order valence-electron chi connectivity index (χ3n) is 4.22. The fourth-order valence-electron chi connectivity index (χ4n) is 2.69. The summed E-state index contributed by atoms with van der Waals surface area (Å²) in [6.07, 6.45) is -0.549. The van der Waals surface area contributed by atoms with Gasteiger partial charge in [0.1, 0.15) is 24.2 Å². The molecule has 1 atom stereocenters. The molecule has 4 nitrogen and oxygen atoms in total. The molecule has 2 aromatic rings. The Kier molecular flexibility index (Phi) is 7.29. The van der Waals surface area contributed by atoms with Crippen molar-refractivity contribution < 1.29 is 14.6 Å². The summed E-state index contributed by atoms with van der Waals surface area (Å²) >= 11 is 0. The number of aliphatic hydroxyl groups is 1. The third-order valence-corrected chi connectivity index (χ3v) is 4.22. The molecule has 0 aliphatic carbocycles. The van der Waals surface area contributed by atoms with Crippen molar-refractivity contribution in [2.24, 2.45) is 0 Å². The van der Waals surface area contributed by atoms with Gasteiger partial charge in [0.25, 0.3) is 0 Å². The molecule has 25 heavy (non-hydrogen) atoms. The third kappa shape index (κ3) is 6.07. The first-order valence-electron chi connectivity index (χ1n) is 8.73. The van der Waals surface area contributed by atoms with Gasteiger partial charge in [-0.1, -0.05) is 30.3 Å². The van der Waals surface area contributed by atoms with E-state index in [9.17, 15) is 5.11 Å². The van der Waals surface area contributed by atoms with Gasteiger partial charge in [-0.05, 0) is 50.1 Å². The van der Waals surface area contributed by atoms with Crippen LogP contribution in [0.2, 0.25) is 0 Å². The minimum Gasteiger partial charge on any atom is -0.497 e. The van der Waals surface area contributed by atoms with Crippen LogP contribution in [-0.4, -0.2) is 42.4 Å². The number of benzene rings is 2. The molecule has 0 aliphatic rings. The second kappa shape index (κ2) is 9.44. The van der Waals surface area contributed by atoms with E-state index < -0.39 is 6.10 Å². The fraction of sp³-hybridized carbons (Fsp3) is 0.429. The molecular formula is C21H29NO3. The van der Waals surface area contributed by atoms with E-state index in [0.717, 1.165) is 23.6 Å². The Labute approximate surface area is 151 Å². The van der Waals surface area contributed by atoms with Gasteiger partial charge in [0, 0.05) is 19.1 Å². The Morgan fingerprint density at radius 2 is 1.84 bits per heavy atom. The topological polar surface area (TPSA) is 41.9 Å². The summed E-state index contributed by atoms with van der Waals surface area (Å²) in [6, 6.07) is 16.2. The number of ether oxygens (including phenoxy) is 2. The molecule has 0 bridgehead atoms. The van der Waals surface area contributed by atoms with Gasteiger partial charge in [-0.2, -0.15) is 0 Å². The molecule has 2 rings (SSSR count). The maximum Gasteiger partial charge on any atom is 0.122 e. The quantitative estimate of drug-likeness (QED) is 0.754. The van der Waals surface area contributed by atoms with Gasteiger partial charge in [0.05, 0.1) is 7.11 Å². The highest BCUT2D eigenvalue weighted by molar-refractivity contribution is 5.31. The van der Waals surface area contributed by atoms with Crippen molar-refractivity contribution in [3.63, 3.8) is 0 Å². The Balaban J connectivity index is 1.92. The van der Waals surface area contributed by atoms with Crippen LogP contribution in [0.3, 0.4) is 0 Å². The standard InChI is InChI=1S/C21H29NO3/c1-16(2)22(13-18-9-7-10-20(12-18)24-4)14-19(23)15-25-21-11-6-5-8-17(21)3/h5-12,16,19,23H,13-15H2,1-4H3/t19-/m1/s1. The SMILES string of the molecule is COc1cccc(CN(C[C@@H](O)COc2ccccc2C)C(C)C)c1. The number of nitrogens with zero attached hydrogens (tertiary/aromatic N) is 1. The molecule has 0 unspecified atom stereocenters. The van der Waals surface area contributed by atoms with Crippen molar-refractivity contribution in [3.05, 3.63) is 59.7 Å². The molecule has 0 saturated carbocycles. The molecule has 0 aliphatic heterocycles. The molecule has 0 radical (unpaired) electrons. The Morgan fingerprint density at radius 1 is 1.08 bits per heavy atom. The van der Waals surface area contributed by atoms with E-state index in [2.05, 4.69) is 24.8 Å². The van der Waals surface area contributed by atoms with Gasteiger partial charge in [-0.3, -0.25) is 4.90 Å². The van der Waals surface area contributed by atoms with Gasteiger partial charge in [0.15, 0.2) is 0 Å². The lowest BCUT2D eigenvalue weighted by Gasteiger charge is -2.29. The zero-order valence-electron chi connectivity index (χ0n) is 15.6. The highest BCUT2D eigenvalue weighted by Gasteiger charge is 2.16. The van der Waals surface area contributed by atoms with Crippen LogP contribution in [0.4, 0.5) is 0 Å². The number of aliphatic hydroxyl groups excluding tert-OH is 1. The molecule has 0 saturated heterocycles. The minimum absolute atomic E-state index is 0.284. The summed E-state index contributed by atoms with van der Waals surface area (Å²) in [5, 5.41) is 10.4. The average Bonchev–Trinajstić information content (AvgIpc) is 2.60. The summed E-state index contributed by atoms with van der Waals surface area (Å²) in [4.78, 5) is 2.24. The second-order valence-corrected chi connectivity index (χ2v) is 6.61. The molecule has 0 spiro atoms. The van der Waals surface area contributed by atoms with E-state index in [1.54, 1.807) is 7.11 Å². The highest BCUT2D eigenvalue weighted by atomic mass is 16.5. The number of aryl methyl sites for hydroxylation is 1. The zero-order chi connectivity index (χ0) is 18.2.